The Morgan fingerprint density at radius 1 is 1.06 bits per heavy atom. The number of likely N-dealkylation sites (tertiary alicyclic amines) is 1. The van der Waals surface area contributed by atoms with Gasteiger partial charge >= 0.3 is 0 Å². The van der Waals surface area contributed by atoms with Crippen molar-refractivity contribution in [3.63, 3.8) is 0 Å². The van der Waals surface area contributed by atoms with E-state index in [1.807, 2.05) is 12.4 Å². The molecule has 2 aromatic heterocycles. The highest BCUT2D eigenvalue weighted by molar-refractivity contribution is 5.92. The molecule has 8 nitrogen and oxygen atoms in total. The lowest BCUT2D eigenvalue weighted by molar-refractivity contribution is 0.122. The topological polar surface area (TPSA) is 71.7 Å². The standard InChI is InChI=1S/C24H29N7O/c1-29-8-5-17(6-9-29)16-31-23-20(15-26-31)22(19-3-2-18-4-7-25-21(18)14-19)27-24(28-23)30-10-12-32-13-11-30/h2-3,7,14-15,17H,4-6,8-13,16H2,1H3. The maximum atomic E-state index is 5.56. The third kappa shape index (κ3) is 3.67. The molecule has 2 saturated heterocycles. The highest BCUT2D eigenvalue weighted by Gasteiger charge is 2.23. The Hall–Kier alpha value is -2.84. The summed E-state index contributed by atoms with van der Waals surface area (Å²) in [5.41, 5.74) is 5.25. The average molecular weight is 432 g/mol. The third-order valence-corrected chi connectivity index (χ3v) is 6.95. The van der Waals surface area contributed by atoms with Gasteiger partial charge in [0.1, 0.15) is 0 Å². The van der Waals surface area contributed by atoms with Crippen molar-refractivity contribution in [3.05, 3.63) is 30.0 Å². The summed E-state index contributed by atoms with van der Waals surface area (Å²) in [4.78, 5) is 19.2. The minimum atomic E-state index is 0.633. The van der Waals surface area contributed by atoms with Gasteiger partial charge < -0.3 is 14.5 Å². The molecule has 0 spiro atoms. The molecule has 0 amide bonds. The fourth-order valence-corrected chi connectivity index (χ4v) is 4.94. The molecule has 166 valence electrons. The van der Waals surface area contributed by atoms with Crippen LogP contribution in [0.1, 0.15) is 18.4 Å². The van der Waals surface area contributed by atoms with Crippen LogP contribution in [-0.2, 0) is 17.7 Å². The number of fused-ring (bicyclic) bond motifs is 2. The number of piperidine rings is 1. The van der Waals surface area contributed by atoms with E-state index in [0.29, 0.717) is 19.1 Å². The number of aromatic nitrogens is 4. The van der Waals surface area contributed by atoms with Crippen LogP contribution in [0.4, 0.5) is 11.6 Å². The van der Waals surface area contributed by atoms with Crippen LogP contribution in [0.3, 0.4) is 0 Å². The van der Waals surface area contributed by atoms with E-state index in [1.54, 1.807) is 0 Å². The van der Waals surface area contributed by atoms with Crippen molar-refractivity contribution < 1.29 is 4.74 Å². The first-order chi connectivity index (χ1) is 15.7. The summed E-state index contributed by atoms with van der Waals surface area (Å²) in [6.45, 7) is 6.24. The minimum absolute atomic E-state index is 0.633. The Morgan fingerprint density at radius 2 is 1.91 bits per heavy atom. The molecule has 3 aliphatic heterocycles. The van der Waals surface area contributed by atoms with E-state index in [-0.39, 0.29) is 0 Å². The fraction of sp³-hybridized carbons (Fsp3) is 0.500. The Morgan fingerprint density at radius 3 is 2.75 bits per heavy atom. The second-order valence-electron chi connectivity index (χ2n) is 9.14. The van der Waals surface area contributed by atoms with Crippen LogP contribution in [-0.4, -0.2) is 77.3 Å². The van der Waals surface area contributed by atoms with Gasteiger partial charge in [-0.15, -0.1) is 0 Å². The zero-order chi connectivity index (χ0) is 21.5. The number of hydrogen-bond donors (Lipinski definition) is 0. The van der Waals surface area contributed by atoms with Crippen molar-refractivity contribution in [3.8, 4) is 11.3 Å². The molecular formula is C24H29N7O. The molecule has 0 N–H and O–H groups in total. The summed E-state index contributed by atoms with van der Waals surface area (Å²) in [5, 5.41) is 5.79. The van der Waals surface area contributed by atoms with Gasteiger partial charge in [0.15, 0.2) is 5.65 Å². The largest absolute Gasteiger partial charge is 0.378 e. The van der Waals surface area contributed by atoms with Crippen LogP contribution in [0.5, 0.6) is 0 Å². The molecule has 3 aliphatic rings. The molecule has 0 bridgehead atoms. The lowest BCUT2D eigenvalue weighted by Gasteiger charge is -2.29. The molecule has 1 aromatic carbocycles. The van der Waals surface area contributed by atoms with Crippen LogP contribution < -0.4 is 4.90 Å². The number of anilines is 1. The third-order valence-electron chi connectivity index (χ3n) is 6.95. The van der Waals surface area contributed by atoms with Crippen molar-refractivity contribution in [2.24, 2.45) is 10.9 Å². The number of ether oxygens (including phenoxy) is 1. The van der Waals surface area contributed by atoms with Crippen LogP contribution in [0.25, 0.3) is 22.3 Å². The van der Waals surface area contributed by atoms with Gasteiger partial charge in [0, 0.05) is 37.8 Å². The Labute approximate surface area is 187 Å². The first-order valence-corrected chi connectivity index (χ1v) is 11.7. The molecular weight excluding hydrogens is 402 g/mol. The average Bonchev–Trinajstić information content (AvgIpc) is 3.47. The van der Waals surface area contributed by atoms with Crippen LogP contribution in [0.15, 0.2) is 29.4 Å². The zero-order valence-electron chi connectivity index (χ0n) is 18.6. The van der Waals surface area contributed by atoms with Gasteiger partial charge in [-0.25, -0.2) is 9.67 Å². The van der Waals surface area contributed by atoms with Gasteiger partial charge in [0.05, 0.1) is 36.2 Å². The van der Waals surface area contributed by atoms with Gasteiger partial charge in [-0.1, -0.05) is 12.1 Å². The number of hydrogen-bond acceptors (Lipinski definition) is 7. The van der Waals surface area contributed by atoms with E-state index in [2.05, 4.69) is 44.7 Å². The first kappa shape index (κ1) is 19.8. The summed E-state index contributed by atoms with van der Waals surface area (Å²) in [6.07, 6.45) is 7.23. The molecule has 0 saturated carbocycles. The maximum absolute atomic E-state index is 5.56. The Bertz CT molecular complexity index is 1160. The highest BCUT2D eigenvalue weighted by atomic mass is 16.5. The summed E-state index contributed by atoms with van der Waals surface area (Å²) >= 11 is 0. The minimum Gasteiger partial charge on any atom is -0.378 e. The number of morpholine rings is 1. The summed E-state index contributed by atoms with van der Waals surface area (Å²) in [5.74, 6) is 1.40. The van der Waals surface area contributed by atoms with E-state index in [4.69, 9.17) is 19.8 Å². The molecule has 6 rings (SSSR count). The molecule has 2 fully saturated rings. The Kier molecular flexibility index (Phi) is 5.11. The fourth-order valence-electron chi connectivity index (χ4n) is 4.94. The van der Waals surface area contributed by atoms with Crippen molar-refractivity contribution in [2.75, 3.05) is 51.3 Å². The second kappa shape index (κ2) is 8.26. The maximum Gasteiger partial charge on any atom is 0.228 e. The van der Waals surface area contributed by atoms with E-state index in [1.165, 1.54) is 18.4 Å². The van der Waals surface area contributed by atoms with Gasteiger partial charge in [0.2, 0.25) is 5.95 Å². The summed E-state index contributed by atoms with van der Waals surface area (Å²) in [7, 11) is 2.20. The lowest BCUT2D eigenvalue weighted by Crippen LogP contribution is -2.37. The first-order valence-electron chi connectivity index (χ1n) is 11.7. The predicted molar refractivity (Wildman–Crippen MR) is 126 cm³/mol. The predicted octanol–water partition coefficient (Wildman–Crippen LogP) is 2.93. The van der Waals surface area contributed by atoms with Crippen LogP contribution in [0, 0.1) is 5.92 Å². The number of benzene rings is 1. The van der Waals surface area contributed by atoms with Gasteiger partial charge in [-0.3, -0.25) is 4.99 Å². The summed E-state index contributed by atoms with van der Waals surface area (Å²) in [6, 6.07) is 6.48. The number of rotatable bonds is 4. The molecule has 3 aromatic rings. The lowest BCUT2D eigenvalue weighted by atomic mass is 9.97. The van der Waals surface area contributed by atoms with E-state index in [0.717, 1.165) is 73.1 Å². The Balaban J connectivity index is 1.43. The van der Waals surface area contributed by atoms with E-state index in [9.17, 15) is 0 Å². The van der Waals surface area contributed by atoms with Crippen LogP contribution in [0.2, 0.25) is 0 Å². The van der Waals surface area contributed by atoms with Gasteiger partial charge in [-0.05, 0) is 50.5 Å². The van der Waals surface area contributed by atoms with Crippen LogP contribution >= 0.6 is 0 Å². The second-order valence-corrected chi connectivity index (χ2v) is 9.14. The molecule has 5 heterocycles. The van der Waals surface area contributed by atoms with Crippen molar-refractivity contribution >= 4 is 28.9 Å². The highest BCUT2D eigenvalue weighted by Crippen LogP contribution is 2.34. The number of aliphatic imine (C=N–C) groups is 1. The molecule has 8 heteroatoms. The van der Waals surface area contributed by atoms with Gasteiger partial charge in [-0.2, -0.15) is 10.1 Å². The molecule has 0 unspecified atom stereocenters. The molecule has 32 heavy (non-hydrogen) atoms. The quantitative estimate of drug-likeness (QED) is 0.633. The van der Waals surface area contributed by atoms with E-state index >= 15 is 0 Å². The molecule has 0 atom stereocenters. The monoisotopic (exact) mass is 431 g/mol. The normalized spacial score (nSPS) is 19.7. The van der Waals surface area contributed by atoms with Crippen molar-refractivity contribution in [1.29, 1.82) is 0 Å². The molecule has 0 radical (unpaired) electrons. The number of nitrogens with zero attached hydrogens (tertiary/aromatic N) is 7. The molecule has 0 aliphatic carbocycles. The van der Waals surface area contributed by atoms with Gasteiger partial charge in [0.25, 0.3) is 0 Å². The van der Waals surface area contributed by atoms with E-state index < -0.39 is 0 Å². The zero-order valence-corrected chi connectivity index (χ0v) is 18.6. The smallest absolute Gasteiger partial charge is 0.228 e. The van der Waals surface area contributed by atoms with Crippen molar-refractivity contribution in [1.82, 2.24) is 24.6 Å². The van der Waals surface area contributed by atoms with Crippen molar-refractivity contribution in [2.45, 2.75) is 25.8 Å². The summed E-state index contributed by atoms with van der Waals surface area (Å²) < 4.78 is 7.66. The SMILES string of the molecule is CN1CCC(Cn2ncc3c(-c4ccc5c(c4)N=CC5)nc(N4CCOCC4)nc32)CC1.